The third kappa shape index (κ3) is 4.10. The molecule has 2 heterocycles. The maximum atomic E-state index is 12.9. The molecule has 1 aromatic heterocycles. The SMILES string of the molecule is COc1cccc2cc(C(=O)N3CCN(C(C)C(=O)NC4CCCC4)CC3)oc12. The third-order valence-electron chi connectivity index (χ3n) is 6.17. The lowest BCUT2D eigenvalue weighted by Gasteiger charge is -2.37. The molecule has 2 amide bonds. The summed E-state index contributed by atoms with van der Waals surface area (Å²) in [5.41, 5.74) is 0.592. The van der Waals surface area contributed by atoms with Gasteiger partial charge in [-0.1, -0.05) is 25.0 Å². The van der Waals surface area contributed by atoms with E-state index in [2.05, 4.69) is 10.2 Å². The Labute approximate surface area is 171 Å². The van der Waals surface area contributed by atoms with Crippen LogP contribution in [0.3, 0.4) is 0 Å². The van der Waals surface area contributed by atoms with Crippen molar-refractivity contribution in [2.24, 2.45) is 0 Å². The molecule has 29 heavy (non-hydrogen) atoms. The molecule has 1 saturated heterocycles. The number of nitrogens with zero attached hydrogens (tertiary/aromatic N) is 2. The minimum Gasteiger partial charge on any atom is -0.493 e. The van der Waals surface area contributed by atoms with Crippen molar-refractivity contribution >= 4 is 22.8 Å². The Morgan fingerprint density at radius 1 is 1.17 bits per heavy atom. The molecule has 0 bridgehead atoms. The maximum absolute atomic E-state index is 12.9. The molecule has 1 atom stereocenters. The standard InChI is InChI=1S/C22H29N3O4/c1-15(21(26)23-17-7-3-4-8-17)24-10-12-25(13-11-24)22(27)19-14-16-6-5-9-18(28-2)20(16)29-19/h5-6,9,14-15,17H,3-4,7-8,10-13H2,1-2H3,(H,23,26). The highest BCUT2D eigenvalue weighted by atomic mass is 16.5. The summed E-state index contributed by atoms with van der Waals surface area (Å²) < 4.78 is 11.1. The number of nitrogens with one attached hydrogen (secondary N) is 1. The van der Waals surface area contributed by atoms with Crippen molar-refractivity contribution in [3.8, 4) is 5.75 Å². The van der Waals surface area contributed by atoms with Crippen LogP contribution < -0.4 is 10.1 Å². The zero-order chi connectivity index (χ0) is 20.4. The van der Waals surface area contributed by atoms with Crippen molar-refractivity contribution in [3.63, 3.8) is 0 Å². The summed E-state index contributed by atoms with van der Waals surface area (Å²) in [6.45, 7) is 4.46. The summed E-state index contributed by atoms with van der Waals surface area (Å²) in [7, 11) is 1.59. The highest BCUT2D eigenvalue weighted by Gasteiger charge is 2.30. The summed E-state index contributed by atoms with van der Waals surface area (Å²) in [6.07, 6.45) is 4.58. The van der Waals surface area contributed by atoms with Gasteiger partial charge in [0, 0.05) is 37.6 Å². The molecule has 1 aromatic carbocycles. The Kier molecular flexibility index (Phi) is 5.76. The zero-order valence-electron chi connectivity index (χ0n) is 17.1. The second kappa shape index (κ2) is 8.45. The normalized spacial score (nSPS) is 19.4. The molecule has 2 aliphatic rings. The number of fused-ring (bicyclic) bond motifs is 1. The van der Waals surface area contributed by atoms with Gasteiger partial charge in [-0.15, -0.1) is 0 Å². The average Bonchev–Trinajstić information content (AvgIpc) is 3.42. The molecule has 0 radical (unpaired) electrons. The van der Waals surface area contributed by atoms with Gasteiger partial charge < -0.3 is 19.4 Å². The number of hydrogen-bond acceptors (Lipinski definition) is 5. The largest absolute Gasteiger partial charge is 0.493 e. The van der Waals surface area contributed by atoms with Gasteiger partial charge in [-0.3, -0.25) is 14.5 Å². The van der Waals surface area contributed by atoms with Gasteiger partial charge in [-0.2, -0.15) is 0 Å². The zero-order valence-corrected chi connectivity index (χ0v) is 17.1. The first-order chi connectivity index (χ1) is 14.1. The summed E-state index contributed by atoms with van der Waals surface area (Å²) in [5.74, 6) is 0.922. The van der Waals surface area contributed by atoms with Crippen LogP contribution in [0, 0.1) is 0 Å². The quantitative estimate of drug-likeness (QED) is 0.837. The molecular formula is C22H29N3O4. The van der Waals surface area contributed by atoms with E-state index >= 15 is 0 Å². The van der Waals surface area contributed by atoms with Crippen LogP contribution in [0.25, 0.3) is 11.0 Å². The number of para-hydroxylation sites is 1. The van der Waals surface area contributed by atoms with Gasteiger partial charge in [-0.05, 0) is 31.9 Å². The summed E-state index contributed by atoms with van der Waals surface area (Å²) in [4.78, 5) is 29.4. The van der Waals surface area contributed by atoms with E-state index in [1.165, 1.54) is 12.8 Å². The third-order valence-corrected chi connectivity index (χ3v) is 6.17. The van der Waals surface area contributed by atoms with Gasteiger partial charge in [-0.25, -0.2) is 0 Å². The molecular weight excluding hydrogens is 370 g/mol. The van der Waals surface area contributed by atoms with Crippen molar-refractivity contribution in [2.45, 2.75) is 44.7 Å². The number of methoxy groups -OCH3 is 1. The van der Waals surface area contributed by atoms with E-state index < -0.39 is 0 Å². The topological polar surface area (TPSA) is 75.0 Å². The van der Waals surface area contributed by atoms with Crippen LogP contribution in [0.5, 0.6) is 5.75 Å². The fraction of sp³-hybridized carbons (Fsp3) is 0.545. The highest BCUT2D eigenvalue weighted by Crippen LogP contribution is 2.29. The fourth-order valence-electron chi connectivity index (χ4n) is 4.33. The molecule has 1 aliphatic heterocycles. The van der Waals surface area contributed by atoms with Gasteiger partial charge in [0.1, 0.15) is 0 Å². The van der Waals surface area contributed by atoms with Gasteiger partial charge in [0.25, 0.3) is 5.91 Å². The minimum absolute atomic E-state index is 0.0982. The highest BCUT2D eigenvalue weighted by molar-refractivity contribution is 5.97. The predicted octanol–water partition coefficient (Wildman–Crippen LogP) is 2.65. The summed E-state index contributed by atoms with van der Waals surface area (Å²) in [6, 6.07) is 7.52. The molecule has 1 N–H and O–H groups in total. The monoisotopic (exact) mass is 399 g/mol. The number of benzene rings is 1. The van der Waals surface area contributed by atoms with Gasteiger partial charge in [0.2, 0.25) is 5.91 Å². The van der Waals surface area contributed by atoms with E-state index in [9.17, 15) is 9.59 Å². The van der Waals surface area contributed by atoms with E-state index in [1.54, 1.807) is 18.1 Å². The molecule has 1 aliphatic carbocycles. The van der Waals surface area contributed by atoms with Crippen LogP contribution in [0.4, 0.5) is 0 Å². The smallest absolute Gasteiger partial charge is 0.289 e. The van der Waals surface area contributed by atoms with Crippen molar-refractivity contribution in [3.05, 3.63) is 30.0 Å². The lowest BCUT2D eigenvalue weighted by molar-refractivity contribution is -0.127. The number of hydrogen-bond donors (Lipinski definition) is 1. The fourth-order valence-corrected chi connectivity index (χ4v) is 4.33. The van der Waals surface area contributed by atoms with Crippen molar-refractivity contribution in [1.82, 2.24) is 15.1 Å². The molecule has 1 saturated carbocycles. The molecule has 2 fully saturated rings. The maximum Gasteiger partial charge on any atom is 0.289 e. The first kappa shape index (κ1) is 19.8. The molecule has 7 heteroatoms. The second-order valence-electron chi connectivity index (χ2n) is 7.98. The van der Waals surface area contributed by atoms with E-state index in [0.29, 0.717) is 49.3 Å². The summed E-state index contributed by atoms with van der Waals surface area (Å²) in [5, 5.41) is 4.02. The van der Waals surface area contributed by atoms with Crippen LogP contribution in [0.1, 0.15) is 43.2 Å². The number of piperazine rings is 1. The van der Waals surface area contributed by atoms with Crippen LogP contribution >= 0.6 is 0 Å². The van der Waals surface area contributed by atoms with Crippen LogP contribution in [-0.4, -0.2) is 67.0 Å². The number of amides is 2. The van der Waals surface area contributed by atoms with E-state index in [-0.39, 0.29) is 17.9 Å². The van der Waals surface area contributed by atoms with Crippen molar-refractivity contribution in [2.75, 3.05) is 33.3 Å². The Bertz CT molecular complexity index is 879. The number of carbonyl (C=O) groups is 2. The number of rotatable bonds is 5. The average molecular weight is 399 g/mol. The first-order valence-corrected chi connectivity index (χ1v) is 10.5. The number of furan rings is 1. The van der Waals surface area contributed by atoms with Crippen molar-refractivity contribution < 1.29 is 18.7 Å². The van der Waals surface area contributed by atoms with Crippen LogP contribution in [0.15, 0.2) is 28.7 Å². The Balaban J connectivity index is 1.35. The molecule has 2 aromatic rings. The molecule has 1 unspecified atom stereocenters. The number of carbonyl (C=O) groups excluding carboxylic acids is 2. The second-order valence-corrected chi connectivity index (χ2v) is 7.98. The van der Waals surface area contributed by atoms with Crippen molar-refractivity contribution in [1.29, 1.82) is 0 Å². The Morgan fingerprint density at radius 3 is 2.59 bits per heavy atom. The predicted molar refractivity (Wildman–Crippen MR) is 110 cm³/mol. The van der Waals surface area contributed by atoms with Crippen LogP contribution in [-0.2, 0) is 4.79 Å². The lowest BCUT2D eigenvalue weighted by Crippen LogP contribution is -2.55. The van der Waals surface area contributed by atoms with Crippen LogP contribution in [0.2, 0.25) is 0 Å². The van der Waals surface area contributed by atoms with Gasteiger partial charge in [0.05, 0.1) is 13.2 Å². The summed E-state index contributed by atoms with van der Waals surface area (Å²) >= 11 is 0. The Hall–Kier alpha value is -2.54. The molecule has 156 valence electrons. The molecule has 7 nitrogen and oxygen atoms in total. The lowest BCUT2D eigenvalue weighted by atomic mass is 10.1. The van der Waals surface area contributed by atoms with E-state index in [4.69, 9.17) is 9.15 Å². The number of ether oxygens (including phenoxy) is 1. The van der Waals surface area contributed by atoms with E-state index in [0.717, 1.165) is 18.2 Å². The van der Waals surface area contributed by atoms with E-state index in [1.807, 2.05) is 25.1 Å². The van der Waals surface area contributed by atoms with Gasteiger partial charge in [0.15, 0.2) is 17.1 Å². The molecule has 0 spiro atoms. The van der Waals surface area contributed by atoms with Gasteiger partial charge >= 0.3 is 0 Å². The minimum atomic E-state index is -0.177. The first-order valence-electron chi connectivity index (χ1n) is 10.5. The molecule has 4 rings (SSSR count). The Morgan fingerprint density at radius 2 is 1.90 bits per heavy atom.